The normalized spacial score (nSPS) is 15.3. The zero-order chi connectivity index (χ0) is 22.7. The number of carbonyl (C=O) groups is 1. The number of esters is 1. The number of imidazole rings is 1. The van der Waals surface area contributed by atoms with Crippen molar-refractivity contribution in [2.24, 2.45) is 0 Å². The minimum atomic E-state index is -3.55. The van der Waals surface area contributed by atoms with E-state index in [4.69, 9.17) is 9.47 Å². The Labute approximate surface area is 191 Å². The molecule has 3 heterocycles. The lowest BCUT2D eigenvalue weighted by Gasteiger charge is -2.25. The smallest absolute Gasteiger partial charge is 0.358 e. The van der Waals surface area contributed by atoms with Crippen molar-refractivity contribution in [3.05, 3.63) is 40.1 Å². The number of hydrogen-bond acceptors (Lipinski definition) is 8. The average molecular weight is 479 g/mol. The van der Waals surface area contributed by atoms with Gasteiger partial charge in [-0.2, -0.15) is 4.31 Å². The molecule has 172 valence electrons. The Kier molecular flexibility index (Phi) is 6.89. The first-order valence-corrected chi connectivity index (χ1v) is 12.9. The molecule has 0 N–H and O–H groups in total. The molecule has 0 radical (unpaired) electrons. The molecule has 0 bridgehead atoms. The molecule has 9 nitrogen and oxygen atoms in total. The lowest BCUT2D eigenvalue weighted by Crippen LogP contribution is -2.35. The minimum Gasteiger partial charge on any atom is -0.453 e. The van der Waals surface area contributed by atoms with Gasteiger partial charge in [-0.25, -0.2) is 23.2 Å². The van der Waals surface area contributed by atoms with Crippen LogP contribution in [0.3, 0.4) is 0 Å². The van der Waals surface area contributed by atoms with Gasteiger partial charge >= 0.3 is 5.97 Å². The van der Waals surface area contributed by atoms with Crippen LogP contribution in [0.1, 0.15) is 47.5 Å². The Morgan fingerprint density at radius 1 is 1.16 bits per heavy atom. The van der Waals surface area contributed by atoms with Gasteiger partial charge in [0.25, 0.3) is 0 Å². The van der Waals surface area contributed by atoms with Crippen LogP contribution < -0.4 is 0 Å². The van der Waals surface area contributed by atoms with Crippen molar-refractivity contribution in [1.29, 1.82) is 0 Å². The number of benzene rings is 1. The van der Waals surface area contributed by atoms with Gasteiger partial charge in [-0.3, -0.25) is 0 Å². The van der Waals surface area contributed by atoms with Crippen molar-refractivity contribution in [2.75, 3.05) is 20.2 Å². The van der Waals surface area contributed by atoms with Crippen LogP contribution in [0, 0.1) is 0 Å². The lowest BCUT2D eigenvalue weighted by atomic mass is 10.2. The van der Waals surface area contributed by atoms with Gasteiger partial charge in [0.2, 0.25) is 10.0 Å². The number of sulfonamides is 1. The second kappa shape index (κ2) is 9.65. The number of rotatable bonds is 8. The Morgan fingerprint density at radius 3 is 2.66 bits per heavy atom. The SMILES string of the molecule is CCn1c(COC(=O)c2csc(COC)n2)nc2cc(S(=O)(=O)N3CCCCC3)ccc21. The minimum absolute atomic E-state index is 0.0350. The van der Waals surface area contributed by atoms with Crippen LogP contribution in [0.25, 0.3) is 11.0 Å². The van der Waals surface area contributed by atoms with E-state index in [2.05, 4.69) is 9.97 Å². The van der Waals surface area contributed by atoms with Crippen molar-refractivity contribution < 1.29 is 22.7 Å². The first kappa shape index (κ1) is 22.8. The maximum atomic E-state index is 13.0. The van der Waals surface area contributed by atoms with E-state index in [1.54, 1.807) is 35.0 Å². The highest BCUT2D eigenvalue weighted by atomic mass is 32.2. The summed E-state index contributed by atoms with van der Waals surface area (Å²) < 4.78 is 39.9. The number of fused-ring (bicyclic) bond motifs is 1. The molecule has 2 aromatic heterocycles. The van der Waals surface area contributed by atoms with E-state index in [1.807, 2.05) is 11.5 Å². The van der Waals surface area contributed by atoms with Gasteiger partial charge in [0, 0.05) is 32.1 Å². The largest absolute Gasteiger partial charge is 0.453 e. The van der Waals surface area contributed by atoms with Gasteiger partial charge in [-0.1, -0.05) is 6.42 Å². The third kappa shape index (κ3) is 4.56. The third-order valence-electron chi connectivity index (χ3n) is 5.43. The van der Waals surface area contributed by atoms with Crippen molar-refractivity contribution in [2.45, 2.75) is 50.8 Å². The first-order valence-electron chi connectivity index (χ1n) is 10.5. The second-order valence-corrected chi connectivity index (χ2v) is 10.4. The molecule has 0 amide bonds. The number of nitrogens with zero attached hydrogens (tertiary/aromatic N) is 4. The van der Waals surface area contributed by atoms with Gasteiger partial charge in [0.15, 0.2) is 5.69 Å². The van der Waals surface area contributed by atoms with E-state index in [-0.39, 0.29) is 17.2 Å². The number of carbonyl (C=O) groups excluding carboxylic acids is 1. The Bertz CT molecular complexity index is 1210. The highest BCUT2D eigenvalue weighted by Gasteiger charge is 2.27. The van der Waals surface area contributed by atoms with Crippen LogP contribution in [0.5, 0.6) is 0 Å². The predicted molar refractivity (Wildman–Crippen MR) is 120 cm³/mol. The fourth-order valence-electron chi connectivity index (χ4n) is 3.84. The maximum absolute atomic E-state index is 13.0. The first-order chi connectivity index (χ1) is 15.4. The number of ether oxygens (including phenoxy) is 2. The van der Waals surface area contributed by atoms with E-state index in [1.165, 1.54) is 11.3 Å². The zero-order valence-corrected chi connectivity index (χ0v) is 19.7. The van der Waals surface area contributed by atoms with Crippen molar-refractivity contribution in [3.8, 4) is 0 Å². The summed E-state index contributed by atoms with van der Waals surface area (Å²) in [5, 5.41) is 2.33. The summed E-state index contributed by atoms with van der Waals surface area (Å²) in [5.41, 5.74) is 1.59. The molecule has 0 atom stereocenters. The number of aryl methyl sites for hydroxylation is 1. The molecule has 0 saturated carbocycles. The number of hydrogen-bond donors (Lipinski definition) is 0. The van der Waals surface area contributed by atoms with E-state index in [0.29, 0.717) is 42.6 Å². The zero-order valence-electron chi connectivity index (χ0n) is 18.1. The van der Waals surface area contributed by atoms with Crippen LogP contribution in [0.15, 0.2) is 28.5 Å². The van der Waals surface area contributed by atoms with Gasteiger partial charge < -0.3 is 14.0 Å². The summed E-state index contributed by atoms with van der Waals surface area (Å²) in [4.78, 5) is 21.4. The van der Waals surface area contributed by atoms with Crippen molar-refractivity contribution in [1.82, 2.24) is 18.8 Å². The monoisotopic (exact) mass is 478 g/mol. The van der Waals surface area contributed by atoms with E-state index < -0.39 is 16.0 Å². The molecule has 0 unspecified atom stereocenters. The lowest BCUT2D eigenvalue weighted by molar-refractivity contribution is 0.0452. The molecular formula is C21H26N4O5S2. The van der Waals surface area contributed by atoms with Crippen LogP contribution >= 0.6 is 11.3 Å². The molecule has 4 rings (SSSR count). The fourth-order valence-corrected chi connectivity index (χ4v) is 6.11. The standard InChI is InChI=1S/C21H26N4O5S2/c1-3-25-18-8-7-15(32(27,28)24-9-5-4-6-10-24)11-16(18)22-19(25)12-30-21(26)17-14-31-20(23-17)13-29-2/h7-8,11,14H,3-6,9-10,12-13H2,1-2H3. The molecule has 1 saturated heterocycles. The molecule has 1 aliphatic heterocycles. The third-order valence-corrected chi connectivity index (χ3v) is 8.15. The van der Waals surface area contributed by atoms with E-state index in [9.17, 15) is 13.2 Å². The summed E-state index contributed by atoms with van der Waals surface area (Å²) in [6, 6.07) is 5.00. The van der Waals surface area contributed by atoms with Gasteiger partial charge in [-0.15, -0.1) is 11.3 Å². The molecular weight excluding hydrogens is 452 g/mol. The highest BCUT2D eigenvalue weighted by molar-refractivity contribution is 7.89. The molecule has 0 aliphatic carbocycles. The van der Waals surface area contributed by atoms with E-state index >= 15 is 0 Å². The van der Waals surface area contributed by atoms with Crippen LogP contribution in [-0.4, -0.2) is 53.4 Å². The maximum Gasteiger partial charge on any atom is 0.358 e. The van der Waals surface area contributed by atoms with E-state index in [0.717, 1.165) is 24.8 Å². The van der Waals surface area contributed by atoms with Gasteiger partial charge in [-0.05, 0) is 38.0 Å². The van der Waals surface area contributed by atoms with Crippen LogP contribution in [0.2, 0.25) is 0 Å². The van der Waals surface area contributed by atoms with Gasteiger partial charge in [0.1, 0.15) is 17.4 Å². The summed E-state index contributed by atoms with van der Waals surface area (Å²) in [7, 11) is -1.98. The quantitative estimate of drug-likeness (QED) is 0.458. The number of aromatic nitrogens is 3. The van der Waals surface area contributed by atoms with Crippen LogP contribution in [-0.2, 0) is 39.3 Å². The molecule has 1 aromatic carbocycles. The molecule has 3 aromatic rings. The van der Waals surface area contributed by atoms with Crippen molar-refractivity contribution >= 4 is 38.4 Å². The molecule has 0 spiro atoms. The molecule has 11 heteroatoms. The summed E-state index contributed by atoms with van der Waals surface area (Å²) >= 11 is 1.33. The predicted octanol–water partition coefficient (Wildman–Crippen LogP) is 3.19. The Hall–Kier alpha value is -2.34. The fraction of sp³-hybridized carbons (Fsp3) is 0.476. The Morgan fingerprint density at radius 2 is 1.94 bits per heavy atom. The number of methoxy groups -OCH3 is 1. The number of thiazole rings is 1. The molecule has 1 aliphatic rings. The van der Waals surface area contributed by atoms with Crippen LogP contribution in [0.4, 0.5) is 0 Å². The topological polar surface area (TPSA) is 104 Å². The second-order valence-electron chi connectivity index (χ2n) is 7.52. The van der Waals surface area contributed by atoms with Gasteiger partial charge in [0.05, 0.1) is 22.5 Å². The number of piperidine rings is 1. The van der Waals surface area contributed by atoms with Crippen molar-refractivity contribution in [3.63, 3.8) is 0 Å². The molecule has 1 fully saturated rings. The summed E-state index contributed by atoms with van der Waals surface area (Å²) in [6.45, 7) is 3.97. The molecule has 32 heavy (non-hydrogen) atoms. The Balaban J connectivity index is 1.55. The summed E-state index contributed by atoms with van der Waals surface area (Å²) in [5.74, 6) is 0.0161. The highest BCUT2D eigenvalue weighted by Crippen LogP contribution is 2.25. The average Bonchev–Trinajstić information content (AvgIpc) is 3.42. The summed E-state index contributed by atoms with van der Waals surface area (Å²) in [6.07, 6.45) is 2.82.